The number of carbonyl (C=O) groups is 3. The molecular weight excluding hydrogens is 1150 g/mol. The molecule has 0 saturated heterocycles. The molecule has 74 heavy (non-hydrogen) atoms. The van der Waals surface area contributed by atoms with Gasteiger partial charge in [-0.3, -0.25) is 14.4 Å². The molecule has 27 heteroatoms. The molecule has 0 radical (unpaired) electrons. The first-order valence-corrected chi connectivity index (χ1v) is 34.9. The Labute approximate surface area is 466 Å². The SMILES string of the molecule is CC(C)I.CCC.CCCN(CCO)C(=O)CCCN(CCC[Si](OC)(OC)OC)CCC[Si](OC)(OC)OC.CO[Si](CCCN(CCC[Si](OC)(OC)OC)C(=O)CCC(=O)N(CCO)CCO)(OC)OC. The van der Waals surface area contributed by atoms with Crippen molar-refractivity contribution in [3.63, 3.8) is 0 Å². The van der Waals surface area contributed by atoms with Crippen LogP contribution in [0.1, 0.15) is 98.8 Å². The highest BCUT2D eigenvalue weighted by molar-refractivity contribution is 14.1. The van der Waals surface area contributed by atoms with E-state index in [0.29, 0.717) is 57.5 Å². The van der Waals surface area contributed by atoms with Gasteiger partial charge >= 0.3 is 35.2 Å². The van der Waals surface area contributed by atoms with Crippen molar-refractivity contribution in [3.05, 3.63) is 0 Å². The first kappa shape index (κ1) is 79.9. The highest BCUT2D eigenvalue weighted by Crippen LogP contribution is 2.21. The van der Waals surface area contributed by atoms with Crippen molar-refractivity contribution in [1.82, 2.24) is 19.6 Å². The Bertz CT molecular complexity index is 1220. The standard InChI is InChI=1S/C21H48N2O8Si2.C20H44N2O10Si2.C3H7I.C3H8/c1-8-13-23(17-18-24)21(25)12-9-14-22(15-10-19-32(26-2,27-3)28-4)16-11-20-33(29-5,30-6)31-7;1-27-33(28-2,29-3)17-7-11-21(12-8-18-34(30-4,31-5)32-6)19(25)9-10-20(26)22(13-15-23)14-16-24;1-3(2)4;1-3-2/h24H,8-20H2,1-7H3;23-24H,7-18H2,1-6H3;3H,1-2H3;3H2,1-2H3. The van der Waals surface area contributed by atoms with Crippen LogP contribution in [-0.2, 0) is 67.5 Å². The number of nitrogens with zero attached hydrogens (tertiary/aromatic N) is 4. The smallest absolute Gasteiger partial charge is 0.395 e. The molecule has 0 aliphatic carbocycles. The van der Waals surface area contributed by atoms with Crippen LogP contribution in [0, 0.1) is 0 Å². The fourth-order valence-corrected chi connectivity index (χ4v) is 14.2. The van der Waals surface area contributed by atoms with Crippen LogP contribution in [-0.4, -0.2) is 256 Å². The van der Waals surface area contributed by atoms with Crippen molar-refractivity contribution in [1.29, 1.82) is 0 Å². The van der Waals surface area contributed by atoms with E-state index in [9.17, 15) is 19.5 Å². The van der Waals surface area contributed by atoms with Crippen molar-refractivity contribution in [2.75, 3.05) is 164 Å². The Kier molecular flexibility index (Phi) is 54.6. The minimum atomic E-state index is -2.77. The normalized spacial score (nSPS) is 11.9. The van der Waals surface area contributed by atoms with Gasteiger partial charge in [0.1, 0.15) is 0 Å². The molecule has 0 rings (SSSR count). The van der Waals surface area contributed by atoms with E-state index in [0.717, 1.165) is 61.3 Å². The number of halogens is 1. The molecule has 0 bridgehead atoms. The van der Waals surface area contributed by atoms with Gasteiger partial charge in [-0.1, -0.05) is 63.6 Å². The van der Waals surface area contributed by atoms with Crippen LogP contribution in [0.15, 0.2) is 0 Å². The van der Waals surface area contributed by atoms with Crippen molar-refractivity contribution < 1.29 is 82.8 Å². The van der Waals surface area contributed by atoms with E-state index in [1.54, 1.807) is 95.1 Å². The fraction of sp³-hybridized carbons (Fsp3) is 0.936. The van der Waals surface area contributed by atoms with E-state index in [1.165, 1.54) is 11.3 Å². The molecule has 0 aromatic carbocycles. The molecule has 0 spiro atoms. The molecule has 446 valence electrons. The molecule has 0 aliphatic rings. The maximum atomic E-state index is 13.0. The Morgan fingerprint density at radius 2 is 0.608 bits per heavy atom. The summed E-state index contributed by atoms with van der Waals surface area (Å²) in [5.41, 5.74) is 0. The molecule has 0 fully saturated rings. The summed E-state index contributed by atoms with van der Waals surface area (Å²) < 4.78 is 66.7. The van der Waals surface area contributed by atoms with Crippen LogP contribution < -0.4 is 0 Å². The zero-order valence-corrected chi connectivity index (χ0v) is 55.3. The van der Waals surface area contributed by atoms with E-state index < -0.39 is 35.2 Å². The van der Waals surface area contributed by atoms with Crippen LogP contribution in [0.5, 0.6) is 0 Å². The van der Waals surface area contributed by atoms with E-state index in [2.05, 4.69) is 55.2 Å². The number of aliphatic hydroxyl groups is 3. The number of aliphatic hydroxyl groups excluding tert-OH is 3. The Balaban J connectivity index is -0.000000587. The summed E-state index contributed by atoms with van der Waals surface area (Å²) in [6, 6.07) is 2.51. The Hall–Kier alpha value is -0.632. The first-order valence-electron chi connectivity index (χ1n) is 25.9. The Morgan fingerprint density at radius 3 is 0.851 bits per heavy atom. The van der Waals surface area contributed by atoms with Gasteiger partial charge in [0.25, 0.3) is 0 Å². The molecular formula is C47H107IN4O18Si4. The average Bonchev–Trinajstić information content (AvgIpc) is 3.40. The highest BCUT2D eigenvalue weighted by atomic mass is 127. The maximum Gasteiger partial charge on any atom is 0.500 e. The summed E-state index contributed by atoms with van der Waals surface area (Å²) in [6.07, 6.45) is 6.31. The van der Waals surface area contributed by atoms with E-state index in [4.69, 9.17) is 63.3 Å². The predicted octanol–water partition coefficient (Wildman–Crippen LogP) is 5.03. The molecule has 0 aliphatic heterocycles. The van der Waals surface area contributed by atoms with Gasteiger partial charge in [0.15, 0.2) is 0 Å². The minimum Gasteiger partial charge on any atom is -0.395 e. The van der Waals surface area contributed by atoms with Gasteiger partial charge in [-0.15, -0.1) is 0 Å². The molecule has 3 amide bonds. The topological polar surface area (TPSA) is 236 Å². The molecule has 0 aromatic rings. The Morgan fingerprint density at radius 1 is 0.392 bits per heavy atom. The number of amides is 3. The minimum absolute atomic E-state index is 0.00483. The lowest BCUT2D eigenvalue weighted by molar-refractivity contribution is -0.137. The summed E-state index contributed by atoms with van der Waals surface area (Å²) in [6.45, 7) is 14.8. The molecule has 0 aromatic heterocycles. The second kappa shape index (κ2) is 50.6. The average molecular weight is 1260 g/mol. The van der Waals surface area contributed by atoms with Crippen molar-refractivity contribution in [2.45, 2.75) is 127 Å². The second-order valence-corrected chi connectivity index (χ2v) is 31.9. The summed E-state index contributed by atoms with van der Waals surface area (Å²) in [5.74, 6) is -0.356. The lowest BCUT2D eigenvalue weighted by Gasteiger charge is -2.29. The predicted molar refractivity (Wildman–Crippen MR) is 306 cm³/mol. The van der Waals surface area contributed by atoms with Gasteiger partial charge < -0.3 is 88.0 Å². The molecule has 22 nitrogen and oxygen atoms in total. The van der Waals surface area contributed by atoms with Gasteiger partial charge in [0.05, 0.1) is 19.8 Å². The third kappa shape index (κ3) is 36.5. The molecule has 0 saturated carbocycles. The molecule has 0 unspecified atom stereocenters. The van der Waals surface area contributed by atoms with Crippen LogP contribution in [0.25, 0.3) is 0 Å². The van der Waals surface area contributed by atoms with E-state index in [1.807, 2.05) is 6.92 Å². The van der Waals surface area contributed by atoms with Gasteiger partial charge in [-0.2, -0.15) is 0 Å². The van der Waals surface area contributed by atoms with Crippen LogP contribution >= 0.6 is 22.6 Å². The highest BCUT2D eigenvalue weighted by Gasteiger charge is 2.40. The first-order chi connectivity index (χ1) is 35.2. The lowest BCUT2D eigenvalue weighted by atomic mass is 10.2. The van der Waals surface area contributed by atoms with Crippen molar-refractivity contribution in [2.24, 2.45) is 0 Å². The number of hydrogen-bond donors (Lipinski definition) is 3. The van der Waals surface area contributed by atoms with Crippen molar-refractivity contribution >= 4 is 75.5 Å². The zero-order valence-electron chi connectivity index (χ0n) is 49.1. The van der Waals surface area contributed by atoms with E-state index in [-0.39, 0.29) is 63.5 Å². The fourth-order valence-electron chi connectivity index (χ4n) is 7.43. The van der Waals surface area contributed by atoms with Gasteiger partial charge in [-0.05, 0) is 58.2 Å². The quantitative estimate of drug-likeness (QED) is 0.0413. The maximum absolute atomic E-state index is 13.0. The number of hydrogen-bond acceptors (Lipinski definition) is 19. The van der Waals surface area contributed by atoms with Gasteiger partial charge in [-0.25, -0.2) is 0 Å². The van der Waals surface area contributed by atoms with Crippen LogP contribution in [0.3, 0.4) is 0 Å². The van der Waals surface area contributed by atoms with Gasteiger partial charge in [0, 0.05) is 172 Å². The number of rotatable bonds is 43. The van der Waals surface area contributed by atoms with Crippen molar-refractivity contribution in [3.8, 4) is 0 Å². The van der Waals surface area contributed by atoms with E-state index >= 15 is 0 Å². The third-order valence-corrected chi connectivity index (χ3v) is 22.9. The monoisotopic (exact) mass is 1250 g/mol. The summed E-state index contributed by atoms with van der Waals surface area (Å²) >= 11 is 2.34. The van der Waals surface area contributed by atoms with Crippen LogP contribution in [0.4, 0.5) is 0 Å². The summed E-state index contributed by atoms with van der Waals surface area (Å²) in [4.78, 5) is 45.1. The molecule has 3 N–H and O–H groups in total. The second-order valence-electron chi connectivity index (χ2n) is 17.1. The van der Waals surface area contributed by atoms with Crippen LogP contribution in [0.2, 0.25) is 24.2 Å². The number of carbonyl (C=O) groups excluding carboxylic acids is 3. The lowest BCUT2D eigenvalue weighted by Crippen LogP contribution is -2.45. The molecule has 0 heterocycles. The summed E-state index contributed by atoms with van der Waals surface area (Å²) in [5, 5.41) is 27.5. The number of alkyl halides is 1. The van der Waals surface area contributed by atoms with Gasteiger partial charge in [0.2, 0.25) is 17.7 Å². The zero-order chi connectivity index (χ0) is 57.5. The largest absolute Gasteiger partial charge is 0.500 e. The molecule has 0 atom stereocenters. The third-order valence-electron chi connectivity index (χ3n) is 11.5. The summed E-state index contributed by atoms with van der Waals surface area (Å²) in [7, 11) is 8.27.